The lowest BCUT2D eigenvalue weighted by atomic mass is 10.1. The number of pyridine rings is 1. The van der Waals surface area contributed by atoms with Crippen LogP contribution >= 0.6 is 0 Å². The summed E-state index contributed by atoms with van der Waals surface area (Å²) in [6.45, 7) is 5.03. The summed E-state index contributed by atoms with van der Waals surface area (Å²) < 4.78 is 10.2. The SMILES string of the molecule is Cc1cc(NC(=O)[C@@H](C)OC(=O)c2cc(C)nc3ccccc23)on1. The zero-order valence-electron chi connectivity index (χ0n) is 14.1. The average molecular weight is 339 g/mol. The van der Waals surface area contributed by atoms with Gasteiger partial charge in [-0.15, -0.1) is 0 Å². The zero-order chi connectivity index (χ0) is 18.0. The van der Waals surface area contributed by atoms with E-state index in [9.17, 15) is 9.59 Å². The van der Waals surface area contributed by atoms with E-state index in [0.717, 1.165) is 0 Å². The van der Waals surface area contributed by atoms with Gasteiger partial charge in [0.25, 0.3) is 5.91 Å². The number of aromatic nitrogens is 2. The molecule has 2 heterocycles. The lowest BCUT2D eigenvalue weighted by Crippen LogP contribution is -2.30. The first-order chi connectivity index (χ1) is 11.9. The van der Waals surface area contributed by atoms with Crippen molar-refractivity contribution in [1.82, 2.24) is 10.1 Å². The van der Waals surface area contributed by atoms with Gasteiger partial charge >= 0.3 is 5.97 Å². The maximum absolute atomic E-state index is 12.5. The second-order valence-corrected chi connectivity index (χ2v) is 5.70. The molecule has 1 N–H and O–H groups in total. The Bertz CT molecular complexity index is 948. The Morgan fingerprint density at radius 1 is 1.16 bits per heavy atom. The summed E-state index contributed by atoms with van der Waals surface area (Å²) in [5, 5.41) is 6.86. The molecule has 0 aliphatic heterocycles. The molecule has 128 valence electrons. The Morgan fingerprint density at radius 2 is 1.92 bits per heavy atom. The number of carbonyl (C=O) groups excluding carboxylic acids is 2. The van der Waals surface area contributed by atoms with Gasteiger partial charge in [-0.25, -0.2) is 4.79 Å². The van der Waals surface area contributed by atoms with Crippen molar-refractivity contribution in [1.29, 1.82) is 0 Å². The van der Waals surface area contributed by atoms with Crippen LogP contribution in [0, 0.1) is 13.8 Å². The summed E-state index contributed by atoms with van der Waals surface area (Å²) in [6, 6.07) is 10.5. The Balaban J connectivity index is 1.76. The number of carbonyl (C=O) groups is 2. The Labute approximate surface area is 144 Å². The standard InChI is InChI=1S/C18H17N3O4/c1-10-8-14(13-6-4-5-7-15(13)19-10)18(23)24-12(3)17(22)20-16-9-11(2)21-25-16/h4-9,12H,1-3H3,(H,20,22)/t12-/m1/s1. The van der Waals surface area contributed by atoms with Crippen molar-refractivity contribution >= 4 is 28.7 Å². The van der Waals surface area contributed by atoms with Crippen molar-refractivity contribution in [2.45, 2.75) is 26.9 Å². The predicted octanol–water partition coefficient (Wildman–Crippen LogP) is 3.02. The quantitative estimate of drug-likeness (QED) is 0.734. The number of para-hydroxylation sites is 1. The highest BCUT2D eigenvalue weighted by molar-refractivity contribution is 6.04. The van der Waals surface area contributed by atoms with E-state index in [-0.39, 0.29) is 5.88 Å². The van der Waals surface area contributed by atoms with Gasteiger partial charge in [-0.3, -0.25) is 15.1 Å². The highest BCUT2D eigenvalue weighted by Crippen LogP contribution is 2.20. The fourth-order valence-electron chi connectivity index (χ4n) is 2.40. The van der Waals surface area contributed by atoms with E-state index in [1.54, 1.807) is 32.0 Å². The highest BCUT2D eigenvalue weighted by atomic mass is 16.5. The summed E-state index contributed by atoms with van der Waals surface area (Å²) in [4.78, 5) is 29.0. The molecule has 1 atom stereocenters. The van der Waals surface area contributed by atoms with Gasteiger partial charge in [-0.2, -0.15) is 0 Å². The lowest BCUT2D eigenvalue weighted by Gasteiger charge is -2.13. The molecule has 7 heteroatoms. The number of esters is 1. The van der Waals surface area contributed by atoms with Gasteiger partial charge in [-0.1, -0.05) is 23.4 Å². The monoisotopic (exact) mass is 339 g/mol. The van der Waals surface area contributed by atoms with E-state index in [0.29, 0.717) is 27.9 Å². The number of hydrogen-bond acceptors (Lipinski definition) is 6. The molecule has 1 aromatic carbocycles. The lowest BCUT2D eigenvalue weighted by molar-refractivity contribution is -0.123. The normalized spacial score (nSPS) is 12.0. The minimum atomic E-state index is -0.995. The topological polar surface area (TPSA) is 94.3 Å². The Kier molecular flexibility index (Phi) is 4.47. The van der Waals surface area contributed by atoms with Gasteiger partial charge in [0.05, 0.1) is 16.8 Å². The first-order valence-electron chi connectivity index (χ1n) is 7.75. The molecule has 0 aliphatic rings. The summed E-state index contributed by atoms with van der Waals surface area (Å²) in [5.74, 6) is -0.881. The molecule has 25 heavy (non-hydrogen) atoms. The van der Waals surface area contributed by atoms with Crippen LogP contribution in [0.2, 0.25) is 0 Å². The van der Waals surface area contributed by atoms with Crippen LogP contribution < -0.4 is 5.32 Å². The zero-order valence-corrected chi connectivity index (χ0v) is 14.1. The fourth-order valence-corrected chi connectivity index (χ4v) is 2.40. The van der Waals surface area contributed by atoms with Crippen LogP contribution in [0.4, 0.5) is 5.88 Å². The van der Waals surface area contributed by atoms with Gasteiger partial charge in [-0.05, 0) is 32.9 Å². The van der Waals surface area contributed by atoms with E-state index < -0.39 is 18.0 Å². The van der Waals surface area contributed by atoms with Crippen molar-refractivity contribution in [3.05, 3.63) is 53.3 Å². The molecule has 0 saturated heterocycles. The van der Waals surface area contributed by atoms with Gasteiger partial charge in [0.2, 0.25) is 5.88 Å². The van der Waals surface area contributed by atoms with Gasteiger partial charge in [0.15, 0.2) is 6.10 Å². The summed E-state index contributed by atoms with van der Waals surface area (Å²) in [5.41, 5.74) is 2.40. The van der Waals surface area contributed by atoms with E-state index in [4.69, 9.17) is 9.26 Å². The largest absolute Gasteiger partial charge is 0.449 e. The number of aryl methyl sites for hydroxylation is 2. The maximum Gasteiger partial charge on any atom is 0.339 e. The van der Waals surface area contributed by atoms with Crippen LogP contribution in [-0.2, 0) is 9.53 Å². The van der Waals surface area contributed by atoms with E-state index >= 15 is 0 Å². The number of benzene rings is 1. The summed E-state index contributed by atoms with van der Waals surface area (Å²) >= 11 is 0. The van der Waals surface area contributed by atoms with E-state index in [2.05, 4.69) is 15.5 Å². The van der Waals surface area contributed by atoms with E-state index in [1.807, 2.05) is 18.2 Å². The maximum atomic E-state index is 12.5. The molecule has 3 aromatic rings. The van der Waals surface area contributed by atoms with Crippen LogP contribution in [0.15, 0.2) is 40.9 Å². The second kappa shape index (κ2) is 6.72. The third kappa shape index (κ3) is 3.65. The van der Waals surface area contributed by atoms with Crippen molar-refractivity contribution in [3.8, 4) is 0 Å². The molecule has 0 bridgehead atoms. The third-order valence-corrected chi connectivity index (χ3v) is 3.59. The number of rotatable bonds is 4. The van der Waals surface area contributed by atoms with Crippen molar-refractivity contribution in [2.75, 3.05) is 5.32 Å². The van der Waals surface area contributed by atoms with Crippen LogP contribution in [0.1, 0.15) is 28.7 Å². The van der Waals surface area contributed by atoms with Crippen LogP contribution in [0.5, 0.6) is 0 Å². The van der Waals surface area contributed by atoms with E-state index in [1.165, 1.54) is 6.92 Å². The molecule has 0 saturated carbocycles. The van der Waals surface area contributed by atoms with Crippen LogP contribution in [0.25, 0.3) is 10.9 Å². The third-order valence-electron chi connectivity index (χ3n) is 3.59. The van der Waals surface area contributed by atoms with Crippen molar-refractivity contribution < 1.29 is 18.8 Å². The summed E-state index contributed by atoms with van der Waals surface area (Å²) in [6.07, 6.45) is -0.995. The van der Waals surface area contributed by atoms with Gasteiger partial charge in [0, 0.05) is 17.1 Å². The molecule has 0 spiro atoms. The molecule has 2 aromatic heterocycles. The van der Waals surface area contributed by atoms with Crippen molar-refractivity contribution in [3.63, 3.8) is 0 Å². The minimum Gasteiger partial charge on any atom is -0.449 e. The Hall–Kier alpha value is -3.22. The fraction of sp³-hybridized carbons (Fsp3) is 0.222. The second-order valence-electron chi connectivity index (χ2n) is 5.70. The number of nitrogens with one attached hydrogen (secondary N) is 1. The van der Waals surface area contributed by atoms with Gasteiger partial charge in [0.1, 0.15) is 0 Å². The molecule has 0 fully saturated rings. The number of hydrogen-bond donors (Lipinski definition) is 1. The predicted molar refractivity (Wildman–Crippen MR) is 91.2 cm³/mol. The first kappa shape index (κ1) is 16.6. The smallest absolute Gasteiger partial charge is 0.339 e. The number of ether oxygens (including phenoxy) is 1. The summed E-state index contributed by atoms with van der Waals surface area (Å²) in [7, 11) is 0. The van der Waals surface area contributed by atoms with Crippen LogP contribution in [0.3, 0.4) is 0 Å². The minimum absolute atomic E-state index is 0.204. The number of fused-ring (bicyclic) bond motifs is 1. The molecular formula is C18H17N3O4. The van der Waals surface area contributed by atoms with Gasteiger partial charge < -0.3 is 9.26 Å². The molecule has 0 aliphatic carbocycles. The van der Waals surface area contributed by atoms with Crippen LogP contribution in [-0.4, -0.2) is 28.1 Å². The highest BCUT2D eigenvalue weighted by Gasteiger charge is 2.22. The molecule has 3 rings (SSSR count). The number of amides is 1. The van der Waals surface area contributed by atoms with Crippen molar-refractivity contribution in [2.24, 2.45) is 0 Å². The average Bonchev–Trinajstić information content (AvgIpc) is 2.98. The molecule has 1 amide bonds. The molecule has 7 nitrogen and oxygen atoms in total. The number of anilines is 1. The first-order valence-corrected chi connectivity index (χ1v) is 7.75. The molecular weight excluding hydrogens is 322 g/mol. The molecule has 0 radical (unpaired) electrons. The molecule has 0 unspecified atom stereocenters. The number of nitrogens with zero attached hydrogens (tertiary/aromatic N) is 2. The Morgan fingerprint density at radius 3 is 2.64 bits per heavy atom.